The highest BCUT2D eigenvalue weighted by Crippen LogP contribution is 2.18. The van der Waals surface area contributed by atoms with Gasteiger partial charge in [-0.05, 0) is 37.3 Å². The summed E-state index contributed by atoms with van der Waals surface area (Å²) in [6, 6.07) is 10.2. The quantitative estimate of drug-likeness (QED) is 0.570. The summed E-state index contributed by atoms with van der Waals surface area (Å²) in [6.07, 6.45) is 6.49. The van der Waals surface area contributed by atoms with Crippen molar-refractivity contribution in [2.45, 2.75) is 26.2 Å². The lowest BCUT2D eigenvalue weighted by Crippen LogP contribution is -2.25. The molecule has 20 heavy (non-hydrogen) atoms. The molecule has 0 aliphatic rings. The maximum atomic E-state index is 11.3. The number of allylic oxidation sites excluding steroid dienone is 2. The van der Waals surface area contributed by atoms with Crippen molar-refractivity contribution in [2.24, 2.45) is 0 Å². The lowest BCUT2D eigenvalue weighted by Gasteiger charge is -2.09. The molecule has 0 aliphatic heterocycles. The van der Waals surface area contributed by atoms with Gasteiger partial charge in [-0.3, -0.25) is 0 Å². The maximum Gasteiger partial charge on any atom is 0.407 e. The lowest BCUT2D eigenvalue weighted by atomic mass is 10.0. The number of alkyl carbamates (subject to hydrolysis) is 1. The van der Waals surface area contributed by atoms with Gasteiger partial charge < -0.3 is 10.1 Å². The van der Waals surface area contributed by atoms with Crippen molar-refractivity contribution < 1.29 is 9.53 Å². The minimum atomic E-state index is -0.356. The average Bonchev–Trinajstić information content (AvgIpc) is 2.47. The normalized spacial score (nSPS) is 10.9. The second-order valence-corrected chi connectivity index (χ2v) is 4.36. The number of benzene rings is 1. The summed E-state index contributed by atoms with van der Waals surface area (Å²) in [5, 5.41) is 2.75. The molecule has 1 aromatic rings. The first-order chi connectivity index (χ1) is 9.77. The molecule has 0 spiro atoms. The van der Waals surface area contributed by atoms with Gasteiger partial charge in [0.15, 0.2) is 0 Å². The van der Waals surface area contributed by atoms with E-state index in [9.17, 15) is 4.79 Å². The van der Waals surface area contributed by atoms with Crippen LogP contribution in [0.2, 0.25) is 0 Å². The number of hydrogen-bond acceptors (Lipinski definition) is 2. The molecule has 3 heteroatoms. The van der Waals surface area contributed by atoms with Crippen molar-refractivity contribution in [3.05, 3.63) is 54.6 Å². The average molecular weight is 273 g/mol. The van der Waals surface area contributed by atoms with Gasteiger partial charge in [-0.15, -0.1) is 6.58 Å². The van der Waals surface area contributed by atoms with Crippen LogP contribution in [-0.2, 0) is 4.74 Å². The van der Waals surface area contributed by atoms with Crippen LogP contribution in [0.25, 0.3) is 5.57 Å². The first-order valence-corrected chi connectivity index (χ1v) is 7.04. The Bertz CT molecular complexity index is 438. The van der Waals surface area contributed by atoms with Crippen molar-refractivity contribution in [2.75, 3.05) is 13.2 Å². The predicted molar refractivity (Wildman–Crippen MR) is 83.5 cm³/mol. The number of ether oxygens (including phenoxy) is 1. The highest BCUT2D eigenvalue weighted by atomic mass is 16.5. The molecule has 0 atom stereocenters. The van der Waals surface area contributed by atoms with Crippen LogP contribution < -0.4 is 5.32 Å². The number of nitrogens with one attached hydrogen (secondary N) is 1. The van der Waals surface area contributed by atoms with Gasteiger partial charge in [-0.25, -0.2) is 4.79 Å². The van der Waals surface area contributed by atoms with E-state index in [1.165, 1.54) is 11.1 Å². The summed E-state index contributed by atoms with van der Waals surface area (Å²) in [6.45, 7) is 6.50. The van der Waals surface area contributed by atoms with E-state index in [0.717, 1.165) is 19.3 Å². The van der Waals surface area contributed by atoms with Crippen molar-refractivity contribution in [3.63, 3.8) is 0 Å². The summed E-state index contributed by atoms with van der Waals surface area (Å²) in [4.78, 5) is 11.3. The Hall–Kier alpha value is -2.03. The monoisotopic (exact) mass is 273 g/mol. The highest BCUT2D eigenvalue weighted by Gasteiger charge is 2.03. The third kappa shape index (κ3) is 6.23. The maximum absolute atomic E-state index is 11.3. The van der Waals surface area contributed by atoms with Crippen LogP contribution in [0.1, 0.15) is 31.7 Å². The van der Waals surface area contributed by atoms with Crippen LogP contribution in [-0.4, -0.2) is 19.2 Å². The fourth-order valence-corrected chi connectivity index (χ4v) is 1.87. The van der Waals surface area contributed by atoms with Crippen LogP contribution in [0.4, 0.5) is 4.79 Å². The fraction of sp³-hybridized carbons (Fsp3) is 0.353. The molecular formula is C17H23NO2. The van der Waals surface area contributed by atoms with Gasteiger partial charge in [0.05, 0.1) is 6.61 Å². The summed E-state index contributed by atoms with van der Waals surface area (Å²) in [5.74, 6) is 0. The summed E-state index contributed by atoms with van der Waals surface area (Å²) in [5.41, 5.74) is 2.44. The molecule has 3 nitrogen and oxygen atoms in total. The van der Waals surface area contributed by atoms with Gasteiger partial charge in [0, 0.05) is 6.54 Å². The number of amides is 1. The topological polar surface area (TPSA) is 38.3 Å². The smallest absolute Gasteiger partial charge is 0.407 e. The highest BCUT2D eigenvalue weighted by molar-refractivity contribution is 5.69. The number of hydrogen-bond donors (Lipinski definition) is 1. The number of rotatable bonds is 8. The van der Waals surface area contributed by atoms with Crippen molar-refractivity contribution in [3.8, 4) is 0 Å². The number of unbranched alkanes of at least 4 members (excludes halogenated alkanes) is 1. The van der Waals surface area contributed by atoms with Gasteiger partial charge >= 0.3 is 6.09 Å². The molecule has 1 N–H and O–H groups in total. The van der Waals surface area contributed by atoms with Crippen LogP contribution in [0.3, 0.4) is 0 Å². The molecule has 0 radical (unpaired) electrons. The van der Waals surface area contributed by atoms with Crippen molar-refractivity contribution >= 4 is 11.7 Å². The van der Waals surface area contributed by atoms with Crippen molar-refractivity contribution in [1.82, 2.24) is 5.32 Å². The Morgan fingerprint density at radius 2 is 2.05 bits per heavy atom. The Kier molecular flexibility index (Phi) is 7.89. The van der Waals surface area contributed by atoms with Crippen LogP contribution in [0.5, 0.6) is 0 Å². The second kappa shape index (κ2) is 9.84. The Balaban J connectivity index is 2.57. The molecule has 0 unspecified atom stereocenters. The van der Waals surface area contributed by atoms with Gasteiger partial charge in [-0.2, -0.15) is 0 Å². The third-order valence-corrected chi connectivity index (χ3v) is 2.85. The first-order valence-electron chi connectivity index (χ1n) is 7.04. The van der Waals surface area contributed by atoms with Crippen molar-refractivity contribution in [1.29, 1.82) is 0 Å². The molecule has 1 amide bonds. The zero-order valence-electron chi connectivity index (χ0n) is 12.1. The van der Waals surface area contributed by atoms with Gasteiger partial charge in [0.1, 0.15) is 0 Å². The molecule has 0 aromatic heterocycles. The molecule has 0 aliphatic carbocycles. The second-order valence-electron chi connectivity index (χ2n) is 4.36. The van der Waals surface area contributed by atoms with Crippen LogP contribution in [0.15, 0.2) is 49.1 Å². The molecule has 0 saturated carbocycles. The molecule has 0 bridgehead atoms. The summed E-state index contributed by atoms with van der Waals surface area (Å²) < 4.78 is 4.85. The van der Waals surface area contributed by atoms with E-state index >= 15 is 0 Å². The van der Waals surface area contributed by atoms with E-state index in [1.54, 1.807) is 6.92 Å². The summed E-state index contributed by atoms with van der Waals surface area (Å²) >= 11 is 0. The largest absolute Gasteiger partial charge is 0.450 e. The zero-order chi connectivity index (χ0) is 14.6. The minimum Gasteiger partial charge on any atom is -0.450 e. The van der Waals surface area contributed by atoms with Gasteiger partial charge in [0.25, 0.3) is 0 Å². The van der Waals surface area contributed by atoms with Gasteiger partial charge in [-0.1, -0.05) is 42.5 Å². The predicted octanol–water partition coefficient (Wildman–Crippen LogP) is 4.17. The van der Waals surface area contributed by atoms with E-state index in [0.29, 0.717) is 13.2 Å². The van der Waals surface area contributed by atoms with E-state index < -0.39 is 0 Å². The molecule has 1 aromatic carbocycles. The van der Waals surface area contributed by atoms with Gasteiger partial charge in [0.2, 0.25) is 0 Å². The van der Waals surface area contributed by atoms with E-state index in [4.69, 9.17) is 4.74 Å². The third-order valence-electron chi connectivity index (χ3n) is 2.85. The Morgan fingerprint density at radius 1 is 1.30 bits per heavy atom. The number of carbonyl (C=O) groups is 1. The molecule has 1 rings (SSSR count). The number of carbonyl (C=O) groups excluding carboxylic acids is 1. The van der Waals surface area contributed by atoms with E-state index in [-0.39, 0.29) is 6.09 Å². The Labute approximate surface area is 121 Å². The van der Waals surface area contributed by atoms with E-state index in [1.807, 2.05) is 24.3 Å². The Morgan fingerprint density at radius 3 is 2.70 bits per heavy atom. The SMILES string of the molecule is C=CCCC=C(CCNC(=O)OCC)c1ccccc1. The summed E-state index contributed by atoms with van der Waals surface area (Å²) in [7, 11) is 0. The first kappa shape index (κ1) is 16.0. The minimum absolute atomic E-state index is 0.356. The molecule has 0 saturated heterocycles. The molecule has 108 valence electrons. The van der Waals surface area contributed by atoms with Crippen LogP contribution in [0, 0.1) is 0 Å². The molecule has 0 fully saturated rings. The molecular weight excluding hydrogens is 250 g/mol. The van der Waals surface area contributed by atoms with Crippen LogP contribution >= 0.6 is 0 Å². The zero-order valence-corrected chi connectivity index (χ0v) is 12.1. The lowest BCUT2D eigenvalue weighted by molar-refractivity contribution is 0.152. The van der Waals surface area contributed by atoms with E-state index in [2.05, 4.69) is 30.1 Å². The molecule has 0 heterocycles. The fourth-order valence-electron chi connectivity index (χ4n) is 1.87. The standard InChI is InChI=1S/C17H23NO2/c1-3-5-7-10-16(15-11-8-6-9-12-15)13-14-18-17(19)20-4-2/h3,6,8-12H,1,4-5,7,13-14H2,2H3,(H,18,19).